The SMILES string of the molecule is C=CC(=O)Oc1ccccc1C(=C1CC(C)(C)CC(C)(C)C1)c1ccc2[nH]nc(F)c2c1. The molecule has 0 atom stereocenters. The number of hydrogen-bond acceptors (Lipinski definition) is 3. The first-order valence-electron chi connectivity index (χ1n) is 10.9. The maximum absolute atomic E-state index is 14.3. The number of rotatable bonds is 4. The molecule has 1 aliphatic carbocycles. The van der Waals surface area contributed by atoms with Gasteiger partial charge in [-0.1, -0.05) is 64.1 Å². The van der Waals surface area contributed by atoms with E-state index < -0.39 is 11.9 Å². The molecule has 0 aliphatic heterocycles. The van der Waals surface area contributed by atoms with E-state index in [4.69, 9.17) is 4.74 Å². The number of nitrogens with one attached hydrogen (secondary N) is 1. The van der Waals surface area contributed by atoms with E-state index in [0.717, 1.165) is 42.0 Å². The zero-order valence-corrected chi connectivity index (χ0v) is 19.1. The Kier molecular flexibility index (Phi) is 5.53. The Labute approximate surface area is 188 Å². The van der Waals surface area contributed by atoms with Crippen LogP contribution in [0.15, 0.2) is 60.7 Å². The molecule has 4 rings (SSSR count). The fourth-order valence-electron chi connectivity index (χ4n) is 5.41. The highest BCUT2D eigenvalue weighted by Crippen LogP contribution is 2.51. The zero-order chi connectivity index (χ0) is 23.1. The van der Waals surface area contributed by atoms with Crippen molar-refractivity contribution in [3.05, 3.63) is 77.8 Å². The molecule has 1 heterocycles. The summed E-state index contributed by atoms with van der Waals surface area (Å²) in [6.07, 6.45) is 4.07. The topological polar surface area (TPSA) is 55.0 Å². The van der Waals surface area contributed by atoms with Crippen molar-refractivity contribution < 1.29 is 13.9 Å². The fourth-order valence-corrected chi connectivity index (χ4v) is 5.41. The Balaban J connectivity index is 1.99. The standard InChI is InChI=1S/C27H29FN2O2/c1-6-23(31)32-22-10-8-7-9-19(22)24(18-14-26(2,3)16-27(4,5)15-18)17-11-12-21-20(13-17)25(28)30-29-21/h6-13H,1,14-16H2,2-5H3,(H,29,30). The van der Waals surface area contributed by atoms with Crippen LogP contribution in [-0.4, -0.2) is 16.2 Å². The number of carbonyl (C=O) groups is 1. The Bertz CT molecular complexity index is 1220. The van der Waals surface area contributed by atoms with Crippen LogP contribution in [-0.2, 0) is 4.79 Å². The van der Waals surface area contributed by atoms with Crippen molar-refractivity contribution in [2.75, 3.05) is 0 Å². The number of para-hydroxylation sites is 1. The number of hydrogen-bond donors (Lipinski definition) is 1. The van der Waals surface area contributed by atoms with Crippen LogP contribution in [0.25, 0.3) is 16.5 Å². The van der Waals surface area contributed by atoms with Crippen LogP contribution in [0, 0.1) is 16.8 Å². The lowest BCUT2D eigenvalue weighted by molar-refractivity contribution is -0.128. The number of aromatic nitrogens is 2. The summed E-state index contributed by atoms with van der Waals surface area (Å²) < 4.78 is 19.9. The van der Waals surface area contributed by atoms with E-state index in [1.807, 2.05) is 36.4 Å². The van der Waals surface area contributed by atoms with Crippen LogP contribution < -0.4 is 4.74 Å². The van der Waals surface area contributed by atoms with E-state index in [-0.39, 0.29) is 10.8 Å². The molecule has 5 heteroatoms. The van der Waals surface area contributed by atoms with Gasteiger partial charge in [-0.25, -0.2) is 4.79 Å². The molecule has 1 aliphatic rings. The van der Waals surface area contributed by atoms with Crippen LogP contribution in [0.5, 0.6) is 5.75 Å². The number of allylic oxidation sites excluding steroid dienone is 1. The fraction of sp³-hybridized carbons (Fsp3) is 0.333. The van der Waals surface area contributed by atoms with Crippen LogP contribution >= 0.6 is 0 Å². The minimum atomic E-state index is -0.526. The van der Waals surface area contributed by atoms with Crippen molar-refractivity contribution in [3.8, 4) is 5.75 Å². The molecule has 1 saturated carbocycles. The molecule has 0 radical (unpaired) electrons. The molecular formula is C27H29FN2O2. The highest BCUT2D eigenvalue weighted by molar-refractivity contribution is 5.92. The maximum atomic E-state index is 14.3. The van der Waals surface area contributed by atoms with Gasteiger partial charge < -0.3 is 4.74 Å². The molecule has 1 fully saturated rings. The average Bonchev–Trinajstić information content (AvgIpc) is 3.07. The van der Waals surface area contributed by atoms with E-state index in [0.29, 0.717) is 16.7 Å². The third kappa shape index (κ3) is 4.38. The van der Waals surface area contributed by atoms with Gasteiger partial charge in [0.15, 0.2) is 0 Å². The van der Waals surface area contributed by atoms with Gasteiger partial charge in [0.05, 0.1) is 10.9 Å². The summed E-state index contributed by atoms with van der Waals surface area (Å²) in [7, 11) is 0. The number of carbonyl (C=O) groups excluding carboxylic acids is 1. The Morgan fingerprint density at radius 1 is 1.12 bits per heavy atom. The summed E-state index contributed by atoms with van der Waals surface area (Å²) in [5.74, 6) is -0.571. The highest BCUT2D eigenvalue weighted by Gasteiger charge is 2.37. The number of fused-ring (bicyclic) bond motifs is 1. The normalized spacial score (nSPS) is 17.2. The first-order chi connectivity index (χ1) is 15.1. The van der Waals surface area contributed by atoms with Crippen LogP contribution in [0.4, 0.5) is 4.39 Å². The summed E-state index contributed by atoms with van der Waals surface area (Å²) in [4.78, 5) is 12.0. The molecule has 0 unspecified atom stereocenters. The van der Waals surface area contributed by atoms with Crippen LogP contribution in [0.2, 0.25) is 0 Å². The van der Waals surface area contributed by atoms with Gasteiger partial charge in [0.1, 0.15) is 5.75 Å². The average molecular weight is 433 g/mol. The quantitative estimate of drug-likeness (QED) is 0.279. The lowest BCUT2D eigenvalue weighted by Gasteiger charge is -2.43. The molecule has 1 N–H and O–H groups in total. The van der Waals surface area contributed by atoms with E-state index in [2.05, 4.69) is 44.5 Å². The first-order valence-corrected chi connectivity index (χ1v) is 10.9. The number of esters is 1. The Hall–Kier alpha value is -3.21. The highest BCUT2D eigenvalue weighted by atomic mass is 19.1. The van der Waals surface area contributed by atoms with Crippen molar-refractivity contribution >= 4 is 22.4 Å². The number of ether oxygens (including phenoxy) is 1. The number of halogens is 1. The Morgan fingerprint density at radius 2 is 1.81 bits per heavy atom. The van der Waals surface area contributed by atoms with E-state index >= 15 is 0 Å². The van der Waals surface area contributed by atoms with Gasteiger partial charge in [-0.05, 0) is 59.4 Å². The van der Waals surface area contributed by atoms with Gasteiger partial charge in [0, 0.05) is 11.6 Å². The maximum Gasteiger partial charge on any atom is 0.335 e. The molecular weight excluding hydrogens is 403 g/mol. The Morgan fingerprint density at radius 3 is 2.50 bits per heavy atom. The molecule has 0 spiro atoms. The minimum absolute atomic E-state index is 0.111. The lowest BCUT2D eigenvalue weighted by atomic mass is 9.62. The molecule has 0 bridgehead atoms. The molecule has 4 nitrogen and oxygen atoms in total. The monoisotopic (exact) mass is 432 g/mol. The second kappa shape index (κ2) is 8.05. The van der Waals surface area contributed by atoms with Crippen molar-refractivity contribution in [1.29, 1.82) is 0 Å². The number of nitrogens with zero attached hydrogens (tertiary/aromatic N) is 1. The number of benzene rings is 2. The minimum Gasteiger partial charge on any atom is -0.423 e. The summed E-state index contributed by atoms with van der Waals surface area (Å²) in [5, 5.41) is 6.87. The summed E-state index contributed by atoms with van der Waals surface area (Å²) in [5.41, 5.74) is 4.82. The van der Waals surface area contributed by atoms with Gasteiger partial charge in [-0.15, -0.1) is 5.10 Å². The first kappa shape index (κ1) is 22.0. The third-order valence-corrected chi connectivity index (χ3v) is 6.03. The van der Waals surface area contributed by atoms with E-state index in [9.17, 15) is 9.18 Å². The van der Waals surface area contributed by atoms with Crippen LogP contribution in [0.3, 0.4) is 0 Å². The zero-order valence-electron chi connectivity index (χ0n) is 19.1. The molecule has 2 aromatic carbocycles. The second-order valence-electron chi connectivity index (χ2n) is 10.2. The third-order valence-electron chi connectivity index (χ3n) is 6.03. The van der Waals surface area contributed by atoms with Gasteiger partial charge in [0.2, 0.25) is 5.95 Å². The van der Waals surface area contributed by atoms with Gasteiger partial charge in [-0.2, -0.15) is 4.39 Å². The van der Waals surface area contributed by atoms with Crippen molar-refractivity contribution in [2.45, 2.75) is 47.0 Å². The molecule has 32 heavy (non-hydrogen) atoms. The summed E-state index contributed by atoms with van der Waals surface area (Å²) >= 11 is 0. The summed E-state index contributed by atoms with van der Waals surface area (Å²) in [6, 6.07) is 13.2. The van der Waals surface area contributed by atoms with Gasteiger partial charge in [-0.3, -0.25) is 5.10 Å². The number of aromatic amines is 1. The molecule has 3 aromatic rings. The molecule has 166 valence electrons. The lowest BCUT2D eigenvalue weighted by Crippen LogP contribution is -2.30. The van der Waals surface area contributed by atoms with Crippen molar-refractivity contribution in [1.82, 2.24) is 10.2 Å². The molecule has 0 amide bonds. The van der Waals surface area contributed by atoms with E-state index in [1.165, 1.54) is 5.57 Å². The van der Waals surface area contributed by atoms with Gasteiger partial charge >= 0.3 is 5.97 Å². The van der Waals surface area contributed by atoms with E-state index in [1.54, 1.807) is 6.07 Å². The molecule has 1 aromatic heterocycles. The smallest absolute Gasteiger partial charge is 0.335 e. The van der Waals surface area contributed by atoms with Crippen molar-refractivity contribution in [3.63, 3.8) is 0 Å². The largest absolute Gasteiger partial charge is 0.423 e. The van der Waals surface area contributed by atoms with Gasteiger partial charge in [0.25, 0.3) is 0 Å². The predicted octanol–water partition coefficient (Wildman–Crippen LogP) is 6.83. The van der Waals surface area contributed by atoms with Crippen LogP contribution in [0.1, 0.15) is 58.1 Å². The number of H-pyrrole nitrogens is 1. The van der Waals surface area contributed by atoms with Crippen molar-refractivity contribution in [2.24, 2.45) is 10.8 Å². The second-order valence-corrected chi connectivity index (χ2v) is 10.2. The molecule has 0 saturated heterocycles. The summed E-state index contributed by atoms with van der Waals surface area (Å²) in [6.45, 7) is 12.7. The predicted molar refractivity (Wildman–Crippen MR) is 126 cm³/mol.